The normalized spacial score (nSPS) is 9.64. The van der Waals surface area contributed by atoms with Gasteiger partial charge in [0.25, 0.3) is 0 Å². The van der Waals surface area contributed by atoms with E-state index in [1.807, 2.05) is 6.92 Å². The molecule has 0 unspecified atom stereocenters. The van der Waals surface area contributed by atoms with Crippen LogP contribution in [0.25, 0.3) is 0 Å². The summed E-state index contributed by atoms with van der Waals surface area (Å²) in [6.07, 6.45) is 3.19. The van der Waals surface area contributed by atoms with Gasteiger partial charge in [-0.1, -0.05) is 0 Å². The quantitative estimate of drug-likeness (QED) is 0.680. The van der Waals surface area contributed by atoms with Gasteiger partial charge < -0.3 is 10.5 Å². The number of rotatable bonds is 3. The molecule has 0 aromatic carbocycles. The van der Waals surface area contributed by atoms with Crippen LogP contribution in [0.5, 0.6) is 5.88 Å². The maximum Gasteiger partial charge on any atom is 0.232 e. The fourth-order valence-corrected chi connectivity index (χ4v) is 0.671. The molecule has 0 aliphatic rings. The molecule has 0 radical (unpaired) electrons. The predicted molar refractivity (Wildman–Crippen MR) is 41.1 cm³/mol. The fraction of sp³-hybridized carbons (Fsp3) is 0.429. The standard InChI is InChI=1S/C7H11N3O/c1-2-11-7-5-9-6(3-8)4-10-7/h4-5H,2-3,8H2,1H3. The average Bonchev–Trinajstić information content (AvgIpc) is 2.07. The van der Waals surface area contributed by atoms with Gasteiger partial charge in [0.2, 0.25) is 5.88 Å². The topological polar surface area (TPSA) is 61.0 Å². The van der Waals surface area contributed by atoms with E-state index >= 15 is 0 Å². The Morgan fingerprint density at radius 2 is 2.27 bits per heavy atom. The highest BCUT2D eigenvalue weighted by Crippen LogP contribution is 2.02. The second-order valence-electron chi connectivity index (χ2n) is 1.98. The molecule has 0 saturated heterocycles. The van der Waals surface area contributed by atoms with Crippen molar-refractivity contribution in [3.63, 3.8) is 0 Å². The average molecular weight is 153 g/mol. The van der Waals surface area contributed by atoms with Gasteiger partial charge >= 0.3 is 0 Å². The molecule has 4 nitrogen and oxygen atoms in total. The minimum Gasteiger partial charge on any atom is -0.477 e. The Kier molecular flexibility index (Phi) is 2.80. The van der Waals surface area contributed by atoms with Gasteiger partial charge in [-0.15, -0.1) is 0 Å². The van der Waals surface area contributed by atoms with Crippen LogP contribution in [0.2, 0.25) is 0 Å². The van der Waals surface area contributed by atoms with E-state index in [2.05, 4.69) is 9.97 Å². The van der Waals surface area contributed by atoms with Crippen LogP contribution in [0.3, 0.4) is 0 Å². The lowest BCUT2D eigenvalue weighted by Crippen LogP contribution is -2.01. The molecule has 1 aromatic heterocycles. The highest BCUT2D eigenvalue weighted by atomic mass is 16.5. The van der Waals surface area contributed by atoms with Crippen LogP contribution >= 0.6 is 0 Å². The van der Waals surface area contributed by atoms with Crippen molar-refractivity contribution >= 4 is 0 Å². The maximum absolute atomic E-state index is 5.33. The zero-order valence-electron chi connectivity index (χ0n) is 6.45. The number of ether oxygens (including phenoxy) is 1. The minimum atomic E-state index is 0.416. The fourth-order valence-electron chi connectivity index (χ4n) is 0.671. The second kappa shape index (κ2) is 3.88. The van der Waals surface area contributed by atoms with E-state index in [0.717, 1.165) is 5.69 Å². The summed E-state index contributed by atoms with van der Waals surface area (Å²) in [6.45, 7) is 2.93. The highest BCUT2D eigenvalue weighted by molar-refractivity contribution is 5.06. The van der Waals surface area contributed by atoms with Crippen molar-refractivity contribution in [2.45, 2.75) is 13.5 Å². The van der Waals surface area contributed by atoms with Crippen molar-refractivity contribution in [3.05, 3.63) is 18.1 Å². The summed E-state index contributed by atoms with van der Waals surface area (Å²) in [5.74, 6) is 0.546. The summed E-state index contributed by atoms with van der Waals surface area (Å²) in [5.41, 5.74) is 6.10. The van der Waals surface area contributed by atoms with Crippen LogP contribution < -0.4 is 10.5 Å². The Hall–Kier alpha value is -1.16. The molecule has 1 aromatic rings. The molecule has 4 heteroatoms. The Balaban J connectivity index is 2.66. The third-order valence-electron chi connectivity index (χ3n) is 1.18. The van der Waals surface area contributed by atoms with Gasteiger partial charge in [0.1, 0.15) is 0 Å². The van der Waals surface area contributed by atoms with Gasteiger partial charge in [0.15, 0.2) is 0 Å². The molecule has 0 bridgehead atoms. The first-order valence-electron chi connectivity index (χ1n) is 3.50. The van der Waals surface area contributed by atoms with E-state index in [1.54, 1.807) is 12.4 Å². The number of nitrogens with zero attached hydrogens (tertiary/aromatic N) is 2. The van der Waals surface area contributed by atoms with Crippen molar-refractivity contribution in [1.82, 2.24) is 9.97 Å². The second-order valence-corrected chi connectivity index (χ2v) is 1.98. The third kappa shape index (κ3) is 2.16. The number of nitrogens with two attached hydrogens (primary N) is 1. The summed E-state index contributed by atoms with van der Waals surface area (Å²) >= 11 is 0. The molecule has 0 fully saturated rings. The van der Waals surface area contributed by atoms with E-state index in [1.165, 1.54) is 0 Å². The van der Waals surface area contributed by atoms with E-state index in [0.29, 0.717) is 19.0 Å². The van der Waals surface area contributed by atoms with E-state index in [9.17, 15) is 0 Å². The molecule has 1 rings (SSSR count). The first-order valence-corrected chi connectivity index (χ1v) is 3.50. The van der Waals surface area contributed by atoms with Crippen molar-refractivity contribution in [3.8, 4) is 5.88 Å². The van der Waals surface area contributed by atoms with Gasteiger partial charge in [-0.2, -0.15) is 0 Å². The first kappa shape index (κ1) is 7.94. The predicted octanol–water partition coefficient (Wildman–Crippen LogP) is 0.334. The molecule has 2 N–H and O–H groups in total. The van der Waals surface area contributed by atoms with Crippen molar-refractivity contribution in [1.29, 1.82) is 0 Å². The molecule has 0 saturated carbocycles. The lowest BCUT2D eigenvalue weighted by molar-refractivity contribution is 0.325. The number of hydrogen-bond donors (Lipinski definition) is 1. The molecule has 0 amide bonds. The van der Waals surface area contributed by atoms with Gasteiger partial charge in [-0.3, -0.25) is 4.98 Å². The van der Waals surface area contributed by atoms with Crippen molar-refractivity contribution in [2.24, 2.45) is 5.73 Å². The molecule has 0 spiro atoms. The lowest BCUT2D eigenvalue weighted by atomic mass is 10.5. The SMILES string of the molecule is CCOc1cnc(CN)cn1. The molecular formula is C7H11N3O. The van der Waals surface area contributed by atoms with Crippen molar-refractivity contribution in [2.75, 3.05) is 6.61 Å². The minimum absolute atomic E-state index is 0.416. The Morgan fingerprint density at radius 1 is 1.45 bits per heavy atom. The molecule has 1 heterocycles. The first-order chi connectivity index (χ1) is 5.36. The summed E-state index contributed by atoms with van der Waals surface area (Å²) in [4.78, 5) is 7.98. The van der Waals surface area contributed by atoms with E-state index in [-0.39, 0.29) is 0 Å². The maximum atomic E-state index is 5.33. The Morgan fingerprint density at radius 3 is 2.73 bits per heavy atom. The zero-order valence-corrected chi connectivity index (χ0v) is 6.45. The summed E-state index contributed by atoms with van der Waals surface area (Å²) in [5, 5.41) is 0. The Labute approximate surface area is 65.4 Å². The monoisotopic (exact) mass is 153 g/mol. The van der Waals surface area contributed by atoms with Gasteiger partial charge in [0, 0.05) is 6.54 Å². The van der Waals surface area contributed by atoms with Crippen LogP contribution in [0, 0.1) is 0 Å². The van der Waals surface area contributed by atoms with Gasteiger partial charge in [-0.05, 0) is 6.92 Å². The van der Waals surface area contributed by atoms with Gasteiger partial charge in [-0.25, -0.2) is 4.98 Å². The van der Waals surface area contributed by atoms with Crippen LogP contribution in [-0.4, -0.2) is 16.6 Å². The molecule has 0 aliphatic carbocycles. The van der Waals surface area contributed by atoms with Crippen LogP contribution in [0.1, 0.15) is 12.6 Å². The smallest absolute Gasteiger partial charge is 0.232 e. The van der Waals surface area contributed by atoms with Crippen LogP contribution in [0.4, 0.5) is 0 Å². The van der Waals surface area contributed by atoms with E-state index < -0.39 is 0 Å². The zero-order chi connectivity index (χ0) is 8.10. The number of hydrogen-bond acceptors (Lipinski definition) is 4. The van der Waals surface area contributed by atoms with Gasteiger partial charge in [0.05, 0.1) is 24.7 Å². The van der Waals surface area contributed by atoms with Crippen LogP contribution in [0.15, 0.2) is 12.4 Å². The van der Waals surface area contributed by atoms with Crippen LogP contribution in [-0.2, 0) is 6.54 Å². The summed E-state index contributed by atoms with van der Waals surface area (Å²) < 4.78 is 5.09. The molecule has 0 aliphatic heterocycles. The lowest BCUT2D eigenvalue weighted by Gasteiger charge is -2.00. The summed E-state index contributed by atoms with van der Waals surface area (Å²) in [7, 11) is 0. The largest absolute Gasteiger partial charge is 0.477 e. The summed E-state index contributed by atoms with van der Waals surface area (Å²) in [6, 6.07) is 0. The Bertz CT molecular complexity index is 209. The highest BCUT2D eigenvalue weighted by Gasteiger charge is 1.93. The molecule has 11 heavy (non-hydrogen) atoms. The molecule has 60 valence electrons. The van der Waals surface area contributed by atoms with Crippen molar-refractivity contribution < 1.29 is 4.74 Å². The van der Waals surface area contributed by atoms with E-state index in [4.69, 9.17) is 10.5 Å². The third-order valence-corrected chi connectivity index (χ3v) is 1.18. The number of aromatic nitrogens is 2. The molecular weight excluding hydrogens is 142 g/mol. The molecule has 0 atom stereocenters.